The molecule has 10 heteroatoms. The second-order valence-corrected chi connectivity index (χ2v) is 6.63. The molecule has 0 aromatic carbocycles. The highest BCUT2D eigenvalue weighted by atomic mass is 79.9. The zero-order valence-electron chi connectivity index (χ0n) is 13.2. The van der Waals surface area contributed by atoms with Crippen molar-refractivity contribution < 1.29 is 27.1 Å². The SMILES string of the molecule is CC(C)OC1=C(Cl)C(=C=O)C(F)C(c2nn(C)c(C(F)(F)F)c2Br)=C1. The summed E-state index contributed by atoms with van der Waals surface area (Å²) in [6.07, 6.45) is -6.00. The largest absolute Gasteiger partial charge is 0.489 e. The van der Waals surface area contributed by atoms with E-state index < -0.39 is 28.1 Å². The molecular weight excluding hydrogens is 432 g/mol. The standard InChI is InChI=1S/C15H12BrClF4N2O2/c1-6(2)25-9-4-7(12(18)8(5-24)11(9)17)13-10(16)14(15(19,20)21)23(3)22-13/h4,6,12H,1-3H3. The Morgan fingerprint density at radius 2 is 2.04 bits per heavy atom. The van der Waals surface area contributed by atoms with Crippen molar-refractivity contribution in [3.8, 4) is 0 Å². The number of ether oxygens (including phenoxy) is 1. The fourth-order valence-corrected chi connectivity index (χ4v) is 3.32. The number of alkyl halides is 4. The second-order valence-electron chi connectivity index (χ2n) is 5.46. The molecule has 0 fully saturated rings. The van der Waals surface area contributed by atoms with Crippen LogP contribution in [-0.2, 0) is 22.8 Å². The third kappa shape index (κ3) is 3.68. The molecule has 1 atom stereocenters. The van der Waals surface area contributed by atoms with Crippen LogP contribution in [0.5, 0.6) is 0 Å². The summed E-state index contributed by atoms with van der Waals surface area (Å²) >= 11 is 8.76. The Hall–Kier alpha value is -1.57. The van der Waals surface area contributed by atoms with E-state index in [1.54, 1.807) is 13.8 Å². The van der Waals surface area contributed by atoms with Crippen LogP contribution >= 0.6 is 27.5 Å². The van der Waals surface area contributed by atoms with Crippen LogP contribution in [0, 0.1) is 0 Å². The third-order valence-corrected chi connectivity index (χ3v) is 4.41. The minimum Gasteiger partial charge on any atom is -0.489 e. The highest BCUT2D eigenvalue weighted by molar-refractivity contribution is 9.10. The smallest absolute Gasteiger partial charge is 0.434 e. The van der Waals surface area contributed by atoms with Crippen LogP contribution < -0.4 is 0 Å². The van der Waals surface area contributed by atoms with Crippen LogP contribution in [0.2, 0.25) is 0 Å². The van der Waals surface area contributed by atoms with Gasteiger partial charge in [-0.1, -0.05) is 11.6 Å². The number of allylic oxidation sites excluding steroid dienone is 4. The Labute approximate surface area is 153 Å². The van der Waals surface area contributed by atoms with Crippen molar-refractivity contribution in [2.24, 2.45) is 7.05 Å². The van der Waals surface area contributed by atoms with Gasteiger partial charge in [0.15, 0.2) is 11.9 Å². The number of nitrogens with zero attached hydrogens (tertiary/aromatic N) is 2. The van der Waals surface area contributed by atoms with Gasteiger partial charge in [-0.15, -0.1) is 0 Å². The van der Waals surface area contributed by atoms with E-state index in [1.807, 2.05) is 0 Å². The summed E-state index contributed by atoms with van der Waals surface area (Å²) in [6, 6.07) is 0. The first kappa shape index (κ1) is 19.8. The quantitative estimate of drug-likeness (QED) is 0.508. The Bertz CT molecular complexity index is 820. The molecule has 1 heterocycles. The summed E-state index contributed by atoms with van der Waals surface area (Å²) in [5.74, 6) is 1.35. The van der Waals surface area contributed by atoms with Crippen molar-refractivity contribution >= 4 is 39.0 Å². The molecule has 0 N–H and O–H groups in total. The molecule has 0 amide bonds. The van der Waals surface area contributed by atoms with E-state index in [-0.39, 0.29) is 28.2 Å². The van der Waals surface area contributed by atoms with Crippen molar-refractivity contribution in [3.05, 3.63) is 38.3 Å². The zero-order valence-corrected chi connectivity index (χ0v) is 15.6. The molecule has 0 saturated heterocycles. The summed E-state index contributed by atoms with van der Waals surface area (Å²) in [7, 11) is 1.08. The monoisotopic (exact) mass is 442 g/mol. The summed E-state index contributed by atoms with van der Waals surface area (Å²) in [4.78, 5) is 11.1. The van der Waals surface area contributed by atoms with Crippen molar-refractivity contribution in [3.63, 3.8) is 0 Å². The molecule has 1 aliphatic carbocycles. The summed E-state index contributed by atoms with van der Waals surface area (Å²) in [5, 5.41) is 3.46. The molecule has 0 spiro atoms. The first-order chi connectivity index (χ1) is 11.5. The molecule has 0 bridgehead atoms. The van der Waals surface area contributed by atoms with Gasteiger partial charge in [0, 0.05) is 12.6 Å². The second kappa shape index (κ2) is 6.97. The fraction of sp³-hybridized carbons (Fsp3) is 0.400. The van der Waals surface area contributed by atoms with Crippen LogP contribution in [0.15, 0.2) is 26.9 Å². The maximum absolute atomic E-state index is 14.7. The molecule has 1 aromatic rings. The highest BCUT2D eigenvalue weighted by Gasteiger charge is 2.41. The minimum atomic E-state index is -4.70. The van der Waals surface area contributed by atoms with E-state index in [2.05, 4.69) is 21.0 Å². The molecule has 1 unspecified atom stereocenters. The average molecular weight is 444 g/mol. The molecule has 0 aliphatic heterocycles. The van der Waals surface area contributed by atoms with E-state index in [0.717, 1.165) is 13.1 Å². The maximum atomic E-state index is 14.7. The van der Waals surface area contributed by atoms with Crippen LogP contribution in [0.1, 0.15) is 25.2 Å². The summed E-state index contributed by atoms with van der Waals surface area (Å²) < 4.78 is 59.6. The Kier molecular flexibility index (Phi) is 5.51. The van der Waals surface area contributed by atoms with Gasteiger partial charge in [0.25, 0.3) is 0 Å². The molecule has 4 nitrogen and oxygen atoms in total. The van der Waals surface area contributed by atoms with Crippen molar-refractivity contribution in [1.82, 2.24) is 9.78 Å². The predicted octanol–water partition coefficient (Wildman–Crippen LogP) is 4.57. The lowest BCUT2D eigenvalue weighted by Gasteiger charge is -2.22. The lowest BCUT2D eigenvalue weighted by atomic mass is 9.95. The first-order valence-electron chi connectivity index (χ1n) is 6.96. The predicted molar refractivity (Wildman–Crippen MR) is 87.1 cm³/mol. The number of halogens is 6. The molecule has 25 heavy (non-hydrogen) atoms. The van der Waals surface area contributed by atoms with Crippen LogP contribution in [0.25, 0.3) is 5.57 Å². The molecular formula is C15H12BrClF4N2O2. The third-order valence-electron chi connectivity index (χ3n) is 3.27. The van der Waals surface area contributed by atoms with E-state index in [1.165, 1.54) is 5.94 Å². The Balaban J connectivity index is 2.68. The summed E-state index contributed by atoms with van der Waals surface area (Å²) in [5.41, 5.74) is -2.22. The van der Waals surface area contributed by atoms with Crippen LogP contribution in [0.3, 0.4) is 0 Å². The van der Waals surface area contributed by atoms with Gasteiger partial charge in [0.2, 0.25) is 0 Å². The number of hydrogen-bond donors (Lipinski definition) is 0. The van der Waals surface area contributed by atoms with Crippen molar-refractivity contribution in [2.75, 3.05) is 0 Å². The topological polar surface area (TPSA) is 44.1 Å². The van der Waals surface area contributed by atoms with Crippen molar-refractivity contribution in [1.29, 1.82) is 0 Å². The summed E-state index contributed by atoms with van der Waals surface area (Å²) in [6.45, 7) is 3.35. The van der Waals surface area contributed by atoms with Gasteiger partial charge < -0.3 is 4.74 Å². The molecule has 0 radical (unpaired) electrons. The molecule has 2 rings (SSSR count). The zero-order chi connectivity index (χ0) is 19.1. The fourth-order valence-electron chi connectivity index (χ4n) is 2.29. The van der Waals surface area contributed by atoms with E-state index >= 15 is 0 Å². The number of aromatic nitrogens is 2. The maximum Gasteiger partial charge on any atom is 0.434 e. The van der Waals surface area contributed by atoms with Crippen LogP contribution in [0.4, 0.5) is 17.6 Å². The van der Waals surface area contributed by atoms with E-state index in [0.29, 0.717) is 4.68 Å². The number of aryl methyl sites for hydroxylation is 1. The first-order valence-corrected chi connectivity index (χ1v) is 8.13. The minimum absolute atomic E-state index is 0.0370. The Morgan fingerprint density at radius 1 is 1.44 bits per heavy atom. The molecule has 1 aliphatic rings. The van der Waals surface area contributed by atoms with Crippen molar-refractivity contribution in [2.45, 2.75) is 32.3 Å². The van der Waals surface area contributed by atoms with Gasteiger partial charge in [0.05, 0.1) is 16.1 Å². The molecule has 136 valence electrons. The van der Waals surface area contributed by atoms with Gasteiger partial charge in [0.1, 0.15) is 22.4 Å². The normalized spacial score (nSPS) is 18.6. The average Bonchev–Trinajstić information content (AvgIpc) is 2.76. The van der Waals surface area contributed by atoms with Gasteiger partial charge in [-0.05, 0) is 35.9 Å². The lowest BCUT2D eigenvalue weighted by Crippen LogP contribution is -2.17. The molecule has 0 saturated carbocycles. The molecule has 1 aromatic heterocycles. The number of hydrogen-bond acceptors (Lipinski definition) is 3. The van der Waals surface area contributed by atoms with Gasteiger partial charge >= 0.3 is 6.18 Å². The Morgan fingerprint density at radius 3 is 2.48 bits per heavy atom. The van der Waals surface area contributed by atoms with E-state index in [4.69, 9.17) is 16.3 Å². The lowest BCUT2D eigenvalue weighted by molar-refractivity contribution is -0.144. The van der Waals surface area contributed by atoms with Gasteiger partial charge in [-0.25, -0.2) is 9.18 Å². The van der Waals surface area contributed by atoms with Gasteiger partial charge in [-0.2, -0.15) is 18.3 Å². The van der Waals surface area contributed by atoms with Gasteiger partial charge in [-0.3, -0.25) is 4.68 Å². The highest BCUT2D eigenvalue weighted by Crippen LogP contribution is 2.43. The van der Waals surface area contributed by atoms with E-state index in [9.17, 15) is 22.4 Å². The van der Waals surface area contributed by atoms with Crippen LogP contribution in [-0.4, -0.2) is 28.0 Å². The number of carbonyl (C=O) groups excluding carboxylic acids is 1. The number of rotatable bonds is 3.